The fourth-order valence-electron chi connectivity index (χ4n) is 4.37. The Balaban J connectivity index is 1.66. The van der Waals surface area contributed by atoms with Gasteiger partial charge < -0.3 is 4.74 Å². The zero-order valence-corrected chi connectivity index (χ0v) is 17.5. The molecule has 4 rings (SSSR count). The summed E-state index contributed by atoms with van der Waals surface area (Å²) in [5, 5.41) is 4.38. The van der Waals surface area contributed by atoms with Crippen LogP contribution in [0.1, 0.15) is 31.2 Å². The summed E-state index contributed by atoms with van der Waals surface area (Å²) < 4.78 is 5.57. The first-order chi connectivity index (χ1) is 13.8. The van der Waals surface area contributed by atoms with Crippen molar-refractivity contribution in [3.8, 4) is 0 Å². The summed E-state index contributed by atoms with van der Waals surface area (Å²) in [4.78, 5) is 0. The summed E-state index contributed by atoms with van der Waals surface area (Å²) in [6, 6.07) is 31.2. The Kier molecular flexibility index (Phi) is 6.57. The maximum atomic E-state index is 5.57. The topological polar surface area (TPSA) is 9.23 Å². The lowest BCUT2D eigenvalue weighted by atomic mass is 9.83. The molecule has 1 saturated carbocycles. The molecule has 1 fully saturated rings. The highest BCUT2D eigenvalue weighted by Crippen LogP contribution is 2.36. The van der Waals surface area contributed by atoms with E-state index in [1.165, 1.54) is 53.6 Å². The summed E-state index contributed by atoms with van der Waals surface area (Å²) in [5.41, 5.74) is 1.53. The van der Waals surface area contributed by atoms with Crippen molar-refractivity contribution in [1.29, 1.82) is 0 Å². The zero-order valence-electron chi connectivity index (χ0n) is 16.6. The fraction of sp³-hybridized carbons (Fsp3) is 0.308. The van der Waals surface area contributed by atoms with Crippen LogP contribution in [-0.2, 0) is 11.2 Å². The lowest BCUT2D eigenvalue weighted by Crippen LogP contribution is -2.26. The van der Waals surface area contributed by atoms with Gasteiger partial charge in [-0.25, -0.2) is 0 Å². The minimum Gasteiger partial charge on any atom is -0.381 e. The van der Waals surface area contributed by atoms with Crippen molar-refractivity contribution < 1.29 is 4.74 Å². The molecule has 0 amide bonds. The molecule has 0 radical (unpaired) electrons. The summed E-state index contributed by atoms with van der Waals surface area (Å²) in [6.45, 7) is 0. The quantitative estimate of drug-likeness (QED) is 0.528. The van der Waals surface area contributed by atoms with Crippen LogP contribution in [0.3, 0.4) is 0 Å². The molecule has 0 aromatic heterocycles. The molecule has 0 aliphatic heterocycles. The molecule has 144 valence electrons. The van der Waals surface area contributed by atoms with Crippen LogP contribution in [0, 0.1) is 5.92 Å². The highest BCUT2D eigenvalue weighted by molar-refractivity contribution is 7.79. The van der Waals surface area contributed by atoms with Crippen LogP contribution < -0.4 is 15.9 Å². The molecule has 28 heavy (non-hydrogen) atoms. The Hall–Kier alpha value is -1.95. The molecule has 0 heterocycles. The molecule has 2 heteroatoms. The van der Waals surface area contributed by atoms with Crippen LogP contribution in [0.5, 0.6) is 0 Å². The lowest BCUT2D eigenvalue weighted by molar-refractivity contribution is 0.0569. The minimum atomic E-state index is -0.530. The van der Waals surface area contributed by atoms with Crippen molar-refractivity contribution in [2.75, 3.05) is 7.11 Å². The number of ether oxygens (including phenoxy) is 1. The normalized spacial score (nSPS) is 19.6. The Morgan fingerprint density at radius 2 is 1.25 bits per heavy atom. The van der Waals surface area contributed by atoms with Gasteiger partial charge in [0, 0.05) is 7.11 Å². The predicted octanol–water partition coefficient (Wildman–Crippen LogP) is 5.19. The molecule has 3 aromatic carbocycles. The van der Waals surface area contributed by atoms with E-state index in [0.717, 1.165) is 5.92 Å². The maximum absolute atomic E-state index is 5.57. The van der Waals surface area contributed by atoms with Crippen LogP contribution in [-0.4, -0.2) is 13.2 Å². The molecule has 0 atom stereocenters. The standard InChI is InChI=1S/C26H29OP/c1-27-23-18-16-21(17-19-23)20-22-10-8-9-15-26(22)28(24-11-4-2-5-12-24)25-13-6-3-7-14-25/h2-15,21,23H,16-20H2,1H3. The van der Waals surface area contributed by atoms with Gasteiger partial charge in [-0.15, -0.1) is 0 Å². The first kappa shape index (κ1) is 19.4. The van der Waals surface area contributed by atoms with Crippen molar-refractivity contribution >= 4 is 23.8 Å². The van der Waals surface area contributed by atoms with Crippen LogP contribution in [0.25, 0.3) is 0 Å². The molecular weight excluding hydrogens is 359 g/mol. The smallest absolute Gasteiger partial charge is 0.0571 e. The van der Waals surface area contributed by atoms with E-state index in [1.54, 1.807) is 0 Å². The molecule has 1 nitrogen and oxygen atoms in total. The third-order valence-electron chi connectivity index (χ3n) is 5.90. The second-order valence-corrected chi connectivity index (χ2v) is 9.90. The van der Waals surface area contributed by atoms with E-state index in [1.807, 2.05) is 7.11 Å². The van der Waals surface area contributed by atoms with E-state index in [9.17, 15) is 0 Å². The number of hydrogen-bond acceptors (Lipinski definition) is 1. The van der Waals surface area contributed by atoms with Gasteiger partial charge >= 0.3 is 0 Å². The van der Waals surface area contributed by atoms with E-state index in [0.29, 0.717) is 6.10 Å². The number of rotatable bonds is 6. The van der Waals surface area contributed by atoms with Crippen LogP contribution in [0.4, 0.5) is 0 Å². The Morgan fingerprint density at radius 1 is 0.714 bits per heavy atom. The third-order valence-corrected chi connectivity index (χ3v) is 8.44. The van der Waals surface area contributed by atoms with Gasteiger partial charge in [0.05, 0.1) is 6.10 Å². The van der Waals surface area contributed by atoms with Crippen molar-refractivity contribution in [1.82, 2.24) is 0 Å². The predicted molar refractivity (Wildman–Crippen MR) is 122 cm³/mol. The average Bonchev–Trinajstić information content (AvgIpc) is 2.77. The van der Waals surface area contributed by atoms with E-state index < -0.39 is 7.92 Å². The molecule has 0 saturated heterocycles. The Labute approximate surface area is 170 Å². The molecule has 0 N–H and O–H groups in total. The average molecular weight is 388 g/mol. The highest BCUT2D eigenvalue weighted by atomic mass is 31.1. The molecule has 0 unspecified atom stereocenters. The van der Waals surface area contributed by atoms with Gasteiger partial charge in [-0.05, 0) is 67.4 Å². The second kappa shape index (κ2) is 9.50. The monoisotopic (exact) mass is 388 g/mol. The van der Waals surface area contributed by atoms with Gasteiger partial charge in [0.1, 0.15) is 0 Å². The lowest BCUT2D eigenvalue weighted by Gasteiger charge is -2.29. The van der Waals surface area contributed by atoms with Gasteiger partial charge in [-0.1, -0.05) is 84.9 Å². The molecule has 1 aliphatic carbocycles. The molecular formula is C26H29OP. The largest absolute Gasteiger partial charge is 0.381 e. The molecule has 0 bridgehead atoms. The highest BCUT2D eigenvalue weighted by Gasteiger charge is 2.24. The number of hydrogen-bond donors (Lipinski definition) is 0. The minimum absolute atomic E-state index is 0.470. The Bertz CT molecular complexity index is 814. The zero-order chi connectivity index (χ0) is 19.2. The molecule has 1 aliphatic rings. The summed E-state index contributed by atoms with van der Waals surface area (Å²) in [6.07, 6.45) is 6.62. The van der Waals surface area contributed by atoms with Gasteiger partial charge in [-0.2, -0.15) is 0 Å². The van der Waals surface area contributed by atoms with E-state index in [4.69, 9.17) is 4.74 Å². The summed E-state index contributed by atoms with van der Waals surface area (Å²) in [5.74, 6) is 0.774. The first-order valence-corrected chi connectivity index (χ1v) is 11.7. The van der Waals surface area contributed by atoms with Crippen molar-refractivity contribution in [2.24, 2.45) is 5.92 Å². The summed E-state index contributed by atoms with van der Waals surface area (Å²) in [7, 11) is 1.32. The van der Waals surface area contributed by atoms with E-state index in [-0.39, 0.29) is 0 Å². The van der Waals surface area contributed by atoms with Crippen molar-refractivity contribution in [3.05, 3.63) is 90.5 Å². The summed E-state index contributed by atoms with van der Waals surface area (Å²) >= 11 is 0. The van der Waals surface area contributed by atoms with Crippen molar-refractivity contribution in [3.63, 3.8) is 0 Å². The first-order valence-electron chi connectivity index (χ1n) is 10.4. The molecule has 3 aromatic rings. The fourth-order valence-corrected chi connectivity index (χ4v) is 6.85. The van der Waals surface area contributed by atoms with Crippen molar-refractivity contribution in [2.45, 2.75) is 38.2 Å². The Morgan fingerprint density at radius 3 is 1.82 bits per heavy atom. The third kappa shape index (κ3) is 4.54. The van der Waals surface area contributed by atoms with Gasteiger partial charge in [0.2, 0.25) is 0 Å². The van der Waals surface area contributed by atoms with Gasteiger partial charge in [0.25, 0.3) is 0 Å². The van der Waals surface area contributed by atoms with Gasteiger partial charge in [-0.3, -0.25) is 0 Å². The van der Waals surface area contributed by atoms with Crippen LogP contribution in [0.2, 0.25) is 0 Å². The second-order valence-electron chi connectivity index (χ2n) is 7.72. The van der Waals surface area contributed by atoms with Gasteiger partial charge in [0.15, 0.2) is 0 Å². The SMILES string of the molecule is COC1CCC(Cc2ccccc2P(c2ccccc2)c2ccccc2)CC1. The van der Waals surface area contributed by atoms with Crippen LogP contribution >= 0.6 is 7.92 Å². The van der Waals surface area contributed by atoms with E-state index in [2.05, 4.69) is 84.9 Å². The number of methoxy groups -OCH3 is 1. The number of benzene rings is 3. The molecule has 0 spiro atoms. The van der Waals surface area contributed by atoms with E-state index >= 15 is 0 Å². The maximum Gasteiger partial charge on any atom is 0.0571 e. The van der Waals surface area contributed by atoms with Crippen LogP contribution in [0.15, 0.2) is 84.9 Å².